The molecule has 1 saturated heterocycles. The van der Waals surface area contributed by atoms with Gasteiger partial charge in [-0.15, -0.1) is 11.3 Å². The third-order valence-corrected chi connectivity index (χ3v) is 7.76. The van der Waals surface area contributed by atoms with Gasteiger partial charge in [-0.3, -0.25) is 9.59 Å². The molecule has 4 unspecified atom stereocenters. The summed E-state index contributed by atoms with van der Waals surface area (Å²) in [5.74, 6) is 0.184. The average molecular weight is 402 g/mol. The number of piperidine rings is 1. The molecule has 1 N–H and O–H groups in total. The molecule has 4 atom stereocenters. The van der Waals surface area contributed by atoms with Gasteiger partial charge in [-0.1, -0.05) is 6.08 Å². The van der Waals surface area contributed by atoms with Crippen LogP contribution in [0, 0.1) is 5.92 Å². The van der Waals surface area contributed by atoms with Gasteiger partial charge in [0.25, 0.3) is 5.91 Å². The molecule has 3 aliphatic rings. The summed E-state index contributed by atoms with van der Waals surface area (Å²) in [5, 5.41) is 5.14. The van der Waals surface area contributed by atoms with Crippen LogP contribution in [0.4, 0.5) is 0 Å². The Hall–Kier alpha value is -1.50. The Morgan fingerprint density at radius 1 is 1.36 bits per heavy atom. The van der Waals surface area contributed by atoms with Crippen molar-refractivity contribution in [2.75, 3.05) is 33.7 Å². The van der Waals surface area contributed by atoms with E-state index in [1.807, 2.05) is 17.5 Å². The average Bonchev–Trinajstić information content (AvgIpc) is 3.14. The first-order valence-corrected chi connectivity index (χ1v) is 11.3. The Morgan fingerprint density at radius 2 is 2.18 bits per heavy atom. The van der Waals surface area contributed by atoms with Gasteiger partial charge in [-0.2, -0.15) is 0 Å². The molecule has 152 valence electrons. The highest BCUT2D eigenvalue weighted by Gasteiger charge is 2.49. The molecule has 1 fully saturated rings. The third-order valence-electron chi connectivity index (χ3n) is 6.83. The second kappa shape index (κ2) is 7.73. The van der Waals surface area contributed by atoms with Crippen molar-refractivity contribution in [2.45, 2.75) is 50.1 Å². The molecule has 3 heterocycles. The summed E-state index contributed by atoms with van der Waals surface area (Å²) >= 11 is 1.48. The Labute approximate surface area is 171 Å². The van der Waals surface area contributed by atoms with Gasteiger partial charge in [0, 0.05) is 24.4 Å². The van der Waals surface area contributed by atoms with Gasteiger partial charge in [0.05, 0.1) is 10.4 Å². The zero-order valence-electron chi connectivity index (χ0n) is 17.1. The third kappa shape index (κ3) is 3.58. The number of rotatable bonds is 5. The van der Waals surface area contributed by atoms with Crippen LogP contribution in [0.15, 0.2) is 23.6 Å². The molecule has 1 aliphatic carbocycles. The van der Waals surface area contributed by atoms with Gasteiger partial charge in [0.1, 0.15) is 0 Å². The first-order valence-electron chi connectivity index (χ1n) is 10.4. The fourth-order valence-electron chi connectivity index (χ4n) is 5.27. The zero-order chi connectivity index (χ0) is 19.9. The van der Waals surface area contributed by atoms with Crippen LogP contribution in [0.2, 0.25) is 0 Å². The van der Waals surface area contributed by atoms with E-state index in [-0.39, 0.29) is 23.5 Å². The molecule has 2 aliphatic heterocycles. The van der Waals surface area contributed by atoms with Crippen LogP contribution in [0.1, 0.15) is 53.8 Å². The number of nitrogens with one attached hydrogen (secondary N) is 1. The van der Waals surface area contributed by atoms with Gasteiger partial charge >= 0.3 is 0 Å². The standard InChI is InChI=1S/C22H31N3O2S/c1-22-10-8-18(26)16(19(22)17-9-13-28-20(17)21(27)23-22)7-5-12-25-11-4-6-15(14-25)24(2)3/h8-10,13,15-16,19H,4-7,11-12,14H2,1-3H3,(H,23,27). The summed E-state index contributed by atoms with van der Waals surface area (Å²) in [5.41, 5.74) is 0.592. The van der Waals surface area contributed by atoms with Crippen LogP contribution in [-0.4, -0.2) is 66.8 Å². The van der Waals surface area contributed by atoms with E-state index in [4.69, 9.17) is 0 Å². The molecule has 0 saturated carbocycles. The zero-order valence-corrected chi connectivity index (χ0v) is 17.9. The quantitative estimate of drug-likeness (QED) is 0.824. The smallest absolute Gasteiger partial charge is 0.262 e. The number of carbonyl (C=O) groups is 2. The van der Waals surface area contributed by atoms with E-state index in [9.17, 15) is 9.59 Å². The minimum absolute atomic E-state index is 0.00968. The summed E-state index contributed by atoms with van der Waals surface area (Å²) in [4.78, 5) is 30.9. The summed E-state index contributed by atoms with van der Waals surface area (Å²) in [7, 11) is 4.33. The van der Waals surface area contributed by atoms with Crippen molar-refractivity contribution in [2.24, 2.45) is 5.92 Å². The number of fused-ring (bicyclic) bond motifs is 3. The molecule has 0 spiro atoms. The summed E-state index contributed by atoms with van der Waals surface area (Å²) in [6.45, 7) is 5.38. The molecular formula is C22H31N3O2S. The number of likely N-dealkylation sites (N-methyl/N-ethyl adjacent to an activating group) is 1. The molecule has 0 aromatic carbocycles. The van der Waals surface area contributed by atoms with E-state index >= 15 is 0 Å². The van der Waals surface area contributed by atoms with Gasteiger partial charge in [0.15, 0.2) is 5.78 Å². The first kappa shape index (κ1) is 19.8. The minimum Gasteiger partial charge on any atom is -0.342 e. The highest BCUT2D eigenvalue weighted by molar-refractivity contribution is 7.12. The maximum Gasteiger partial charge on any atom is 0.262 e. The molecule has 28 heavy (non-hydrogen) atoms. The lowest BCUT2D eigenvalue weighted by atomic mass is 9.65. The molecule has 1 aromatic heterocycles. The van der Waals surface area contributed by atoms with Crippen molar-refractivity contribution in [1.82, 2.24) is 15.1 Å². The number of amides is 1. The van der Waals surface area contributed by atoms with Crippen molar-refractivity contribution in [3.63, 3.8) is 0 Å². The number of hydrogen-bond donors (Lipinski definition) is 1. The number of ketones is 1. The lowest BCUT2D eigenvalue weighted by Gasteiger charge is -2.45. The van der Waals surface area contributed by atoms with Gasteiger partial charge in [-0.25, -0.2) is 0 Å². The number of carbonyl (C=O) groups excluding carboxylic acids is 2. The number of hydrogen-bond acceptors (Lipinski definition) is 5. The molecule has 0 bridgehead atoms. The molecule has 5 nitrogen and oxygen atoms in total. The molecule has 4 rings (SSSR count). The predicted molar refractivity (Wildman–Crippen MR) is 113 cm³/mol. The Morgan fingerprint density at radius 3 is 2.96 bits per heavy atom. The number of thiophene rings is 1. The summed E-state index contributed by atoms with van der Waals surface area (Å²) in [6, 6.07) is 2.69. The number of nitrogens with zero attached hydrogens (tertiary/aromatic N) is 2. The molecule has 1 amide bonds. The number of likely N-dealkylation sites (tertiary alicyclic amines) is 1. The van der Waals surface area contributed by atoms with Crippen LogP contribution < -0.4 is 5.32 Å². The van der Waals surface area contributed by atoms with E-state index in [1.165, 1.54) is 24.2 Å². The fraction of sp³-hybridized carbons (Fsp3) is 0.636. The highest BCUT2D eigenvalue weighted by Crippen LogP contribution is 2.47. The molecule has 1 aromatic rings. The second-order valence-electron chi connectivity index (χ2n) is 8.96. The number of allylic oxidation sites excluding steroid dienone is 1. The monoisotopic (exact) mass is 401 g/mol. The van der Waals surface area contributed by atoms with Crippen molar-refractivity contribution in [3.05, 3.63) is 34.0 Å². The minimum atomic E-state index is -0.467. The summed E-state index contributed by atoms with van der Waals surface area (Å²) in [6.07, 6.45) is 8.01. The summed E-state index contributed by atoms with van der Waals surface area (Å²) < 4.78 is 0. The van der Waals surface area contributed by atoms with Crippen molar-refractivity contribution in [3.8, 4) is 0 Å². The van der Waals surface area contributed by atoms with Crippen LogP contribution >= 0.6 is 11.3 Å². The highest BCUT2D eigenvalue weighted by atomic mass is 32.1. The first-order chi connectivity index (χ1) is 13.4. The van der Waals surface area contributed by atoms with Crippen LogP contribution in [-0.2, 0) is 4.79 Å². The normalized spacial score (nSPS) is 32.9. The van der Waals surface area contributed by atoms with Gasteiger partial charge in [0.2, 0.25) is 0 Å². The van der Waals surface area contributed by atoms with Crippen molar-refractivity contribution in [1.29, 1.82) is 0 Å². The van der Waals surface area contributed by atoms with Crippen LogP contribution in [0.5, 0.6) is 0 Å². The van der Waals surface area contributed by atoms with Crippen molar-refractivity contribution >= 4 is 23.0 Å². The SMILES string of the molecule is CN(C)C1CCCN(CCCC2C(=O)C=CC3(C)NC(=O)c4sccc4C23)C1. The van der Waals surface area contributed by atoms with E-state index in [0.717, 1.165) is 42.9 Å². The fourth-order valence-corrected chi connectivity index (χ4v) is 6.11. The van der Waals surface area contributed by atoms with Crippen molar-refractivity contribution < 1.29 is 9.59 Å². The Bertz CT molecular complexity index is 786. The predicted octanol–water partition coefficient (Wildman–Crippen LogP) is 2.90. The molecule has 6 heteroatoms. The lowest BCUT2D eigenvalue weighted by Crippen LogP contribution is -2.57. The topological polar surface area (TPSA) is 52.6 Å². The largest absolute Gasteiger partial charge is 0.342 e. The molecular weight excluding hydrogens is 370 g/mol. The van der Waals surface area contributed by atoms with Gasteiger partial charge < -0.3 is 15.1 Å². The Kier molecular flexibility index (Phi) is 5.47. The lowest BCUT2D eigenvalue weighted by molar-refractivity contribution is -0.120. The Balaban J connectivity index is 1.46. The van der Waals surface area contributed by atoms with Crippen LogP contribution in [0.25, 0.3) is 0 Å². The molecule has 0 radical (unpaired) electrons. The van der Waals surface area contributed by atoms with Crippen LogP contribution in [0.3, 0.4) is 0 Å². The second-order valence-corrected chi connectivity index (χ2v) is 9.88. The van der Waals surface area contributed by atoms with E-state index in [1.54, 1.807) is 6.08 Å². The van der Waals surface area contributed by atoms with E-state index in [0.29, 0.717) is 6.04 Å². The van der Waals surface area contributed by atoms with E-state index < -0.39 is 5.54 Å². The maximum atomic E-state index is 12.8. The maximum absolute atomic E-state index is 12.8. The van der Waals surface area contributed by atoms with Gasteiger partial charge in [-0.05, 0) is 82.9 Å². The van der Waals surface area contributed by atoms with E-state index in [2.05, 4.69) is 36.1 Å².